The van der Waals surface area contributed by atoms with Gasteiger partial charge in [0.2, 0.25) is 0 Å². The maximum Gasteiger partial charge on any atom is 0.159 e. The van der Waals surface area contributed by atoms with E-state index in [1.165, 1.54) is 5.56 Å². The molecule has 0 saturated carbocycles. The average molecular weight is 313 g/mol. The van der Waals surface area contributed by atoms with Crippen molar-refractivity contribution in [1.82, 2.24) is 4.90 Å². The predicted molar refractivity (Wildman–Crippen MR) is 94.1 cm³/mol. The zero-order valence-electron chi connectivity index (χ0n) is 15.0. The molecule has 0 radical (unpaired) electrons. The van der Waals surface area contributed by atoms with E-state index in [1.807, 2.05) is 31.3 Å². The number of allylic oxidation sites excluding steroid dienone is 1. The fourth-order valence-electron chi connectivity index (χ4n) is 2.61. The first-order chi connectivity index (χ1) is 10.7. The minimum atomic E-state index is -0.0790. The average Bonchev–Trinajstić information content (AvgIpc) is 2.88. The molecule has 0 N–H and O–H groups in total. The number of hydrogen-bond acceptors (Lipinski definition) is 3. The van der Waals surface area contributed by atoms with Crippen LogP contribution in [0.2, 0.25) is 0 Å². The summed E-state index contributed by atoms with van der Waals surface area (Å²) in [7, 11) is 3.89. The molecule has 124 valence electrons. The molecular formula is C20H27NO2. The maximum absolute atomic E-state index is 11.9. The van der Waals surface area contributed by atoms with Crippen molar-refractivity contribution in [3.63, 3.8) is 0 Å². The fourth-order valence-corrected chi connectivity index (χ4v) is 2.61. The van der Waals surface area contributed by atoms with Crippen LogP contribution in [0.3, 0.4) is 0 Å². The smallest absolute Gasteiger partial charge is 0.159 e. The molecule has 0 saturated heterocycles. The molecule has 0 aromatic heterocycles. The maximum atomic E-state index is 11.9. The van der Waals surface area contributed by atoms with Gasteiger partial charge in [0, 0.05) is 32.3 Å². The SMILES string of the molecule is CC(=O)C1=C(/C=C/N(C)C)OC(c2ccc(C(C)(C)C)cc2)C1. The van der Waals surface area contributed by atoms with Crippen LogP contribution in [0.5, 0.6) is 0 Å². The Morgan fingerprint density at radius 1 is 1.22 bits per heavy atom. The van der Waals surface area contributed by atoms with Gasteiger partial charge in [0.05, 0.1) is 0 Å². The van der Waals surface area contributed by atoms with Gasteiger partial charge in [-0.15, -0.1) is 0 Å². The van der Waals surface area contributed by atoms with E-state index in [0.29, 0.717) is 12.2 Å². The molecule has 23 heavy (non-hydrogen) atoms. The Kier molecular flexibility index (Phi) is 4.98. The number of carbonyl (C=O) groups excluding carboxylic acids is 1. The normalized spacial score (nSPS) is 18.4. The van der Waals surface area contributed by atoms with E-state index in [0.717, 1.165) is 11.1 Å². The van der Waals surface area contributed by atoms with E-state index in [4.69, 9.17) is 4.74 Å². The van der Waals surface area contributed by atoms with Crippen LogP contribution in [0.4, 0.5) is 0 Å². The van der Waals surface area contributed by atoms with E-state index in [2.05, 4.69) is 45.0 Å². The van der Waals surface area contributed by atoms with E-state index in [-0.39, 0.29) is 17.3 Å². The lowest BCUT2D eigenvalue weighted by atomic mass is 9.86. The van der Waals surface area contributed by atoms with Crippen LogP contribution in [0.15, 0.2) is 47.9 Å². The number of ether oxygens (including phenoxy) is 1. The van der Waals surface area contributed by atoms with Gasteiger partial charge >= 0.3 is 0 Å². The van der Waals surface area contributed by atoms with Gasteiger partial charge in [0.15, 0.2) is 5.78 Å². The van der Waals surface area contributed by atoms with Crippen molar-refractivity contribution in [1.29, 1.82) is 0 Å². The van der Waals surface area contributed by atoms with Crippen molar-refractivity contribution in [2.24, 2.45) is 0 Å². The highest BCUT2D eigenvalue weighted by atomic mass is 16.5. The lowest BCUT2D eigenvalue weighted by Crippen LogP contribution is -2.11. The molecule has 1 heterocycles. The highest BCUT2D eigenvalue weighted by Crippen LogP contribution is 2.37. The van der Waals surface area contributed by atoms with Gasteiger partial charge in [0.25, 0.3) is 0 Å². The molecule has 3 heteroatoms. The summed E-state index contributed by atoms with van der Waals surface area (Å²) >= 11 is 0. The number of hydrogen-bond donors (Lipinski definition) is 0. The molecular weight excluding hydrogens is 286 g/mol. The first-order valence-corrected chi connectivity index (χ1v) is 8.04. The molecule has 1 aliphatic heterocycles. The largest absolute Gasteiger partial charge is 0.485 e. The molecule has 0 bridgehead atoms. The quantitative estimate of drug-likeness (QED) is 0.827. The minimum absolute atomic E-state index is 0.0790. The van der Waals surface area contributed by atoms with Crippen molar-refractivity contribution in [2.45, 2.75) is 45.6 Å². The van der Waals surface area contributed by atoms with E-state index in [9.17, 15) is 4.79 Å². The number of benzene rings is 1. The van der Waals surface area contributed by atoms with Gasteiger partial charge in [-0.05, 0) is 29.5 Å². The monoisotopic (exact) mass is 313 g/mol. The third-order valence-corrected chi connectivity index (χ3v) is 4.05. The molecule has 0 spiro atoms. The lowest BCUT2D eigenvalue weighted by Gasteiger charge is -2.20. The number of rotatable bonds is 4. The lowest BCUT2D eigenvalue weighted by molar-refractivity contribution is -0.113. The zero-order valence-corrected chi connectivity index (χ0v) is 15.0. The molecule has 0 fully saturated rings. The summed E-state index contributed by atoms with van der Waals surface area (Å²) in [6.07, 6.45) is 4.34. The first-order valence-electron chi connectivity index (χ1n) is 8.04. The molecule has 0 aliphatic carbocycles. The second-order valence-corrected chi connectivity index (χ2v) is 7.36. The van der Waals surface area contributed by atoms with Crippen molar-refractivity contribution in [2.75, 3.05) is 14.1 Å². The number of Topliss-reactive ketones (excluding diaryl/α,β-unsaturated/α-hetero) is 1. The molecule has 2 rings (SSSR count). The minimum Gasteiger partial charge on any atom is -0.485 e. The highest BCUT2D eigenvalue weighted by Gasteiger charge is 2.28. The summed E-state index contributed by atoms with van der Waals surface area (Å²) in [6, 6.07) is 8.53. The number of ketones is 1. The number of carbonyl (C=O) groups is 1. The van der Waals surface area contributed by atoms with Gasteiger partial charge in [0.1, 0.15) is 11.9 Å². The van der Waals surface area contributed by atoms with Crippen LogP contribution in [-0.2, 0) is 14.9 Å². The third-order valence-electron chi connectivity index (χ3n) is 4.05. The Morgan fingerprint density at radius 2 is 1.83 bits per heavy atom. The summed E-state index contributed by atoms with van der Waals surface area (Å²) in [5.74, 6) is 0.772. The highest BCUT2D eigenvalue weighted by molar-refractivity contribution is 5.94. The van der Waals surface area contributed by atoms with Gasteiger partial charge in [-0.25, -0.2) is 0 Å². The Bertz CT molecular complexity index is 631. The second-order valence-electron chi connectivity index (χ2n) is 7.36. The second kappa shape index (κ2) is 6.61. The van der Waals surface area contributed by atoms with Crippen LogP contribution < -0.4 is 0 Å². The first kappa shape index (κ1) is 17.3. The summed E-state index contributed by atoms with van der Waals surface area (Å²) < 4.78 is 6.04. The van der Waals surface area contributed by atoms with E-state index < -0.39 is 0 Å². The summed E-state index contributed by atoms with van der Waals surface area (Å²) in [5, 5.41) is 0. The zero-order chi connectivity index (χ0) is 17.2. The van der Waals surface area contributed by atoms with Crippen LogP contribution in [-0.4, -0.2) is 24.8 Å². The van der Waals surface area contributed by atoms with Gasteiger partial charge < -0.3 is 9.64 Å². The van der Waals surface area contributed by atoms with Crippen LogP contribution in [0.1, 0.15) is 51.3 Å². The Hall–Kier alpha value is -2.03. The van der Waals surface area contributed by atoms with Crippen molar-refractivity contribution < 1.29 is 9.53 Å². The molecule has 1 aromatic rings. The number of nitrogens with zero attached hydrogens (tertiary/aromatic N) is 1. The van der Waals surface area contributed by atoms with Gasteiger partial charge in [-0.2, -0.15) is 0 Å². The van der Waals surface area contributed by atoms with Crippen LogP contribution >= 0.6 is 0 Å². The molecule has 1 aliphatic rings. The van der Waals surface area contributed by atoms with E-state index in [1.54, 1.807) is 6.92 Å². The Labute approximate surface area is 139 Å². The summed E-state index contributed by atoms with van der Waals surface area (Å²) in [6.45, 7) is 8.21. The molecule has 1 unspecified atom stereocenters. The Balaban J connectivity index is 2.20. The standard InChI is InChI=1S/C20H27NO2/c1-14(22)17-13-19(23-18(17)11-12-21(5)6)15-7-9-16(10-8-15)20(2,3)4/h7-12,19H,13H2,1-6H3/b12-11+. The Morgan fingerprint density at radius 3 is 2.30 bits per heavy atom. The van der Waals surface area contributed by atoms with Crippen LogP contribution in [0.25, 0.3) is 0 Å². The predicted octanol–water partition coefficient (Wildman–Crippen LogP) is 4.36. The molecule has 1 aromatic carbocycles. The fraction of sp³-hybridized carbons (Fsp3) is 0.450. The van der Waals surface area contributed by atoms with Crippen molar-refractivity contribution in [3.05, 3.63) is 59.0 Å². The van der Waals surface area contributed by atoms with Crippen molar-refractivity contribution >= 4 is 5.78 Å². The third kappa shape index (κ3) is 4.25. The van der Waals surface area contributed by atoms with Crippen LogP contribution in [0, 0.1) is 0 Å². The van der Waals surface area contributed by atoms with Gasteiger partial charge in [-0.3, -0.25) is 4.79 Å². The van der Waals surface area contributed by atoms with Gasteiger partial charge in [-0.1, -0.05) is 45.0 Å². The molecule has 1 atom stereocenters. The summed E-state index contributed by atoms with van der Waals surface area (Å²) in [5.41, 5.74) is 3.32. The van der Waals surface area contributed by atoms with E-state index >= 15 is 0 Å². The molecule has 0 amide bonds. The van der Waals surface area contributed by atoms with Crippen molar-refractivity contribution in [3.8, 4) is 0 Å². The molecule has 3 nitrogen and oxygen atoms in total. The topological polar surface area (TPSA) is 29.5 Å². The summed E-state index contributed by atoms with van der Waals surface area (Å²) in [4.78, 5) is 13.8.